The SMILES string of the molecule is COC(=O)Cc1ccc2c(c1)NC(=O)[C@@H](C)CCC[C@H](c1ccc(-c3cc(Cl)ccc3OC(F)(F)F)c[n+]1[O-])c1cccc-2c1. The minimum Gasteiger partial charge on any atom is -0.618 e. The Balaban J connectivity index is 1.56. The summed E-state index contributed by atoms with van der Waals surface area (Å²) < 4.78 is 48.9. The third-order valence-corrected chi connectivity index (χ3v) is 8.11. The molecule has 1 N–H and O–H groups in total. The summed E-state index contributed by atoms with van der Waals surface area (Å²) in [7, 11) is 1.32. The van der Waals surface area contributed by atoms with E-state index in [9.17, 15) is 28.0 Å². The molecule has 1 aromatic heterocycles. The van der Waals surface area contributed by atoms with Gasteiger partial charge in [0.2, 0.25) is 5.91 Å². The first-order valence-corrected chi connectivity index (χ1v) is 14.7. The van der Waals surface area contributed by atoms with E-state index in [1.54, 1.807) is 24.3 Å². The van der Waals surface area contributed by atoms with Gasteiger partial charge in [0.05, 0.1) is 25.0 Å². The summed E-state index contributed by atoms with van der Waals surface area (Å²) in [6.07, 6.45) is -1.93. The van der Waals surface area contributed by atoms with Crippen LogP contribution < -0.4 is 14.8 Å². The van der Waals surface area contributed by atoms with Gasteiger partial charge in [-0.05, 0) is 59.9 Å². The molecule has 1 aliphatic rings. The quantitative estimate of drug-likeness (QED) is 0.137. The Labute approximate surface area is 263 Å². The van der Waals surface area contributed by atoms with Crippen molar-refractivity contribution in [3.63, 3.8) is 0 Å². The van der Waals surface area contributed by atoms with E-state index in [1.165, 1.54) is 25.4 Å². The number of methoxy groups -OCH3 is 1. The van der Waals surface area contributed by atoms with E-state index in [1.807, 2.05) is 37.3 Å². The van der Waals surface area contributed by atoms with Gasteiger partial charge < -0.3 is 20.0 Å². The third kappa shape index (κ3) is 7.57. The van der Waals surface area contributed by atoms with Gasteiger partial charge in [0, 0.05) is 33.8 Å². The van der Waals surface area contributed by atoms with E-state index in [2.05, 4.69) is 10.1 Å². The number of amides is 1. The number of alkyl halides is 3. The van der Waals surface area contributed by atoms with Crippen LogP contribution in [0.4, 0.5) is 18.9 Å². The van der Waals surface area contributed by atoms with Crippen LogP contribution in [0.3, 0.4) is 0 Å². The summed E-state index contributed by atoms with van der Waals surface area (Å²) in [5.41, 5.74) is 4.28. The Morgan fingerprint density at radius 2 is 1.82 bits per heavy atom. The molecule has 0 radical (unpaired) electrons. The Bertz CT molecular complexity index is 1740. The number of ether oxygens (including phenoxy) is 2. The second-order valence-electron chi connectivity index (χ2n) is 11.0. The van der Waals surface area contributed by atoms with Crippen LogP contribution in [0.1, 0.15) is 48.9 Å². The summed E-state index contributed by atoms with van der Waals surface area (Å²) in [5.74, 6) is -1.75. The fourth-order valence-electron chi connectivity index (χ4n) is 5.58. The number of esters is 1. The van der Waals surface area contributed by atoms with Crippen LogP contribution >= 0.6 is 11.6 Å². The Kier molecular flexibility index (Phi) is 9.34. The molecule has 0 aliphatic carbocycles. The van der Waals surface area contributed by atoms with Crippen LogP contribution in [0.2, 0.25) is 5.02 Å². The molecule has 3 aromatic carbocycles. The largest absolute Gasteiger partial charge is 0.618 e. The van der Waals surface area contributed by atoms with Gasteiger partial charge >= 0.3 is 12.3 Å². The van der Waals surface area contributed by atoms with Crippen molar-refractivity contribution in [1.29, 1.82) is 0 Å². The van der Waals surface area contributed by atoms with Crippen molar-refractivity contribution in [3.05, 3.63) is 106 Å². The molecule has 0 spiro atoms. The molecule has 45 heavy (non-hydrogen) atoms. The fourth-order valence-corrected chi connectivity index (χ4v) is 5.75. The number of fused-ring (bicyclic) bond motifs is 4. The lowest BCUT2D eigenvalue weighted by Crippen LogP contribution is -2.34. The molecule has 7 nitrogen and oxygen atoms in total. The summed E-state index contributed by atoms with van der Waals surface area (Å²) in [5, 5.41) is 16.8. The van der Waals surface area contributed by atoms with E-state index >= 15 is 0 Å². The Hall–Kier alpha value is -4.57. The second kappa shape index (κ2) is 13.2. The van der Waals surface area contributed by atoms with Gasteiger partial charge in [-0.1, -0.05) is 61.3 Å². The summed E-state index contributed by atoms with van der Waals surface area (Å²) in [6.45, 7) is 1.83. The average molecular weight is 639 g/mol. The highest BCUT2D eigenvalue weighted by atomic mass is 35.5. The smallest absolute Gasteiger partial charge is 0.573 e. The summed E-state index contributed by atoms with van der Waals surface area (Å²) in [6, 6.07) is 20.0. The molecule has 0 fully saturated rings. The maximum Gasteiger partial charge on any atom is 0.573 e. The molecule has 2 atom stereocenters. The molecule has 5 rings (SSSR count). The van der Waals surface area contributed by atoms with E-state index in [0.717, 1.165) is 22.8 Å². The molecule has 234 valence electrons. The number of anilines is 1. The van der Waals surface area contributed by atoms with Crippen LogP contribution in [0.5, 0.6) is 5.75 Å². The molecule has 1 aliphatic heterocycles. The molecule has 4 aromatic rings. The molecule has 2 bridgehead atoms. The molecule has 0 saturated heterocycles. The first-order chi connectivity index (χ1) is 21.4. The number of pyridine rings is 1. The van der Waals surface area contributed by atoms with Crippen molar-refractivity contribution in [2.75, 3.05) is 12.4 Å². The number of nitrogens with zero attached hydrogens (tertiary/aromatic N) is 1. The minimum atomic E-state index is -4.93. The van der Waals surface area contributed by atoms with E-state index in [-0.39, 0.29) is 40.3 Å². The van der Waals surface area contributed by atoms with Gasteiger partial charge in [-0.3, -0.25) is 9.59 Å². The average Bonchev–Trinajstić information content (AvgIpc) is 2.99. The molecule has 0 saturated carbocycles. The van der Waals surface area contributed by atoms with Crippen LogP contribution in [-0.2, 0) is 20.7 Å². The monoisotopic (exact) mass is 638 g/mol. The number of benzene rings is 3. The zero-order valence-electron chi connectivity index (χ0n) is 24.5. The first-order valence-electron chi connectivity index (χ1n) is 14.3. The number of carbonyl (C=O) groups excluding carboxylic acids is 2. The number of hydrogen-bond donors (Lipinski definition) is 1. The van der Waals surface area contributed by atoms with E-state index in [0.29, 0.717) is 40.9 Å². The number of rotatable bonds is 5. The number of nitrogens with one attached hydrogen (secondary N) is 1. The molecular formula is C34H30ClF3N2O5. The predicted molar refractivity (Wildman–Crippen MR) is 164 cm³/mol. The van der Waals surface area contributed by atoms with Crippen molar-refractivity contribution >= 4 is 29.2 Å². The van der Waals surface area contributed by atoms with Gasteiger partial charge in [-0.25, -0.2) is 0 Å². The third-order valence-electron chi connectivity index (χ3n) is 7.88. The van der Waals surface area contributed by atoms with Gasteiger partial charge in [0.1, 0.15) is 5.75 Å². The van der Waals surface area contributed by atoms with Gasteiger partial charge in [0.15, 0.2) is 11.9 Å². The van der Waals surface area contributed by atoms with Crippen molar-refractivity contribution in [1.82, 2.24) is 0 Å². The lowest BCUT2D eigenvalue weighted by atomic mass is 9.86. The minimum absolute atomic E-state index is 0.0275. The molecule has 2 heterocycles. The van der Waals surface area contributed by atoms with Crippen LogP contribution in [0, 0.1) is 11.1 Å². The topological polar surface area (TPSA) is 91.6 Å². The van der Waals surface area contributed by atoms with Crippen molar-refractivity contribution < 1.29 is 37.0 Å². The number of halogens is 4. The molecule has 1 amide bonds. The number of carbonyl (C=O) groups is 2. The lowest BCUT2D eigenvalue weighted by molar-refractivity contribution is -0.614. The Morgan fingerprint density at radius 3 is 2.56 bits per heavy atom. The number of aromatic nitrogens is 1. The van der Waals surface area contributed by atoms with Gasteiger partial charge in [-0.15, -0.1) is 13.2 Å². The van der Waals surface area contributed by atoms with Crippen LogP contribution in [0.15, 0.2) is 79.0 Å². The lowest BCUT2D eigenvalue weighted by Gasteiger charge is -2.22. The van der Waals surface area contributed by atoms with Gasteiger partial charge in [0.25, 0.3) is 0 Å². The molecule has 0 unspecified atom stereocenters. The highest BCUT2D eigenvalue weighted by Gasteiger charge is 2.33. The maximum atomic E-state index is 13.5. The van der Waals surface area contributed by atoms with Crippen LogP contribution in [0.25, 0.3) is 22.3 Å². The zero-order chi connectivity index (χ0) is 32.3. The zero-order valence-corrected chi connectivity index (χ0v) is 25.2. The van der Waals surface area contributed by atoms with Crippen molar-refractivity contribution in [2.45, 2.75) is 44.9 Å². The van der Waals surface area contributed by atoms with E-state index in [4.69, 9.17) is 16.3 Å². The Morgan fingerprint density at radius 1 is 1.02 bits per heavy atom. The second-order valence-corrected chi connectivity index (χ2v) is 11.4. The number of hydrogen-bond acceptors (Lipinski definition) is 5. The predicted octanol–water partition coefficient (Wildman–Crippen LogP) is 7.81. The highest BCUT2D eigenvalue weighted by Crippen LogP contribution is 2.38. The summed E-state index contributed by atoms with van der Waals surface area (Å²) >= 11 is 6.08. The standard InChI is InChI=1S/C34H30ClF3N2O5/c1-20-5-3-8-27(30-13-10-24(19-40(30)43)28-18-25(35)11-14-31(28)45-34(36,37)38)23-7-4-6-22(17-23)26-12-9-21(16-32(41)44-2)15-29(26)39-33(20)42/h4,6-7,9-15,17-20,27H,3,5,8,16H2,1-2H3,(H,39,42)/t20-,27-/m0/s1. The first kappa shape index (κ1) is 31.8. The fraction of sp³-hybridized carbons (Fsp3) is 0.265. The van der Waals surface area contributed by atoms with Crippen molar-refractivity contribution in [2.24, 2.45) is 5.92 Å². The molecular weight excluding hydrogens is 609 g/mol. The summed E-state index contributed by atoms with van der Waals surface area (Å²) in [4.78, 5) is 25.1. The van der Waals surface area contributed by atoms with Gasteiger partial charge in [-0.2, -0.15) is 4.73 Å². The maximum absolute atomic E-state index is 13.5. The highest BCUT2D eigenvalue weighted by molar-refractivity contribution is 6.31. The van der Waals surface area contributed by atoms with Crippen molar-refractivity contribution in [3.8, 4) is 28.0 Å². The molecule has 11 heteroatoms. The normalized spacial score (nSPS) is 16.9. The van der Waals surface area contributed by atoms with E-state index < -0.39 is 18.1 Å². The van der Waals surface area contributed by atoms with Crippen LogP contribution in [-0.4, -0.2) is 25.3 Å².